The van der Waals surface area contributed by atoms with Gasteiger partial charge in [0.05, 0.1) is 0 Å². The van der Waals surface area contributed by atoms with Crippen molar-refractivity contribution in [3.63, 3.8) is 0 Å². The number of H-pyrrole nitrogens is 1. The molecule has 3 nitrogen and oxygen atoms in total. The molecule has 0 saturated heterocycles. The summed E-state index contributed by atoms with van der Waals surface area (Å²) in [7, 11) is 0. The van der Waals surface area contributed by atoms with Gasteiger partial charge in [0.25, 0.3) is 0 Å². The van der Waals surface area contributed by atoms with E-state index < -0.39 is 11.9 Å². The Morgan fingerprint density at radius 1 is 1.40 bits per heavy atom. The molecule has 15 heavy (non-hydrogen) atoms. The van der Waals surface area contributed by atoms with E-state index in [2.05, 4.69) is 10.2 Å². The van der Waals surface area contributed by atoms with Gasteiger partial charge in [0.2, 0.25) is 0 Å². The lowest BCUT2D eigenvalue weighted by Crippen LogP contribution is -2.26. The number of rotatable bonds is 3. The molecule has 1 rings (SSSR count). The molecule has 1 heterocycles. The number of alkyl halides is 3. The van der Waals surface area contributed by atoms with Crippen LogP contribution in [-0.2, 0) is 12.6 Å². The number of hydrogen-bond acceptors (Lipinski definition) is 2. The summed E-state index contributed by atoms with van der Waals surface area (Å²) < 4.78 is 36.6. The van der Waals surface area contributed by atoms with Gasteiger partial charge in [-0.05, 0) is 24.4 Å². The monoisotopic (exact) mass is 221 g/mol. The molecule has 0 aliphatic rings. The summed E-state index contributed by atoms with van der Waals surface area (Å²) in [6.07, 6.45) is -3.94. The van der Waals surface area contributed by atoms with Crippen molar-refractivity contribution in [1.29, 1.82) is 0 Å². The summed E-state index contributed by atoms with van der Waals surface area (Å²) in [6, 6.07) is 1.03. The van der Waals surface area contributed by atoms with Crippen molar-refractivity contribution < 1.29 is 13.2 Å². The summed E-state index contributed by atoms with van der Waals surface area (Å²) in [6.45, 7) is 4.19. The molecule has 0 fully saturated rings. The van der Waals surface area contributed by atoms with Crippen LogP contribution in [0, 0.1) is 5.41 Å². The van der Waals surface area contributed by atoms with Gasteiger partial charge < -0.3 is 5.73 Å². The summed E-state index contributed by atoms with van der Waals surface area (Å²) in [5.41, 5.74) is 4.84. The predicted octanol–water partition coefficient (Wildman–Crippen LogP) is 1.96. The molecule has 0 saturated carbocycles. The van der Waals surface area contributed by atoms with Crippen molar-refractivity contribution >= 4 is 0 Å². The topological polar surface area (TPSA) is 54.7 Å². The Morgan fingerprint density at radius 2 is 2.00 bits per heavy atom. The first kappa shape index (κ1) is 12.0. The van der Waals surface area contributed by atoms with Gasteiger partial charge in [0, 0.05) is 5.69 Å². The highest BCUT2D eigenvalue weighted by molar-refractivity contribution is 5.12. The molecule has 0 spiro atoms. The summed E-state index contributed by atoms with van der Waals surface area (Å²) in [5.74, 6) is 0. The Bertz CT molecular complexity index is 328. The van der Waals surface area contributed by atoms with Gasteiger partial charge in [-0.1, -0.05) is 13.8 Å². The van der Waals surface area contributed by atoms with Crippen molar-refractivity contribution in [3.8, 4) is 0 Å². The maximum Gasteiger partial charge on any atom is 0.435 e. The van der Waals surface area contributed by atoms with E-state index in [4.69, 9.17) is 5.73 Å². The molecular formula is C9H14F3N3. The zero-order valence-corrected chi connectivity index (χ0v) is 8.65. The first-order chi connectivity index (χ1) is 6.74. The molecule has 6 heteroatoms. The van der Waals surface area contributed by atoms with E-state index in [1.807, 2.05) is 13.8 Å². The molecule has 0 aliphatic heterocycles. The maximum absolute atomic E-state index is 12.2. The van der Waals surface area contributed by atoms with Crippen LogP contribution in [-0.4, -0.2) is 16.7 Å². The zero-order valence-electron chi connectivity index (χ0n) is 8.65. The second kappa shape index (κ2) is 3.84. The molecule has 3 N–H and O–H groups in total. The quantitative estimate of drug-likeness (QED) is 0.819. The van der Waals surface area contributed by atoms with Crippen molar-refractivity contribution in [2.45, 2.75) is 26.4 Å². The average molecular weight is 221 g/mol. The number of nitrogens with two attached hydrogens (primary N) is 1. The molecule has 0 aliphatic carbocycles. The van der Waals surface area contributed by atoms with Crippen molar-refractivity contribution in [1.82, 2.24) is 10.2 Å². The van der Waals surface area contributed by atoms with Gasteiger partial charge in [-0.2, -0.15) is 18.3 Å². The van der Waals surface area contributed by atoms with Gasteiger partial charge in [0.15, 0.2) is 5.69 Å². The van der Waals surface area contributed by atoms with Gasteiger partial charge in [-0.3, -0.25) is 5.10 Å². The maximum atomic E-state index is 12.2. The predicted molar refractivity (Wildman–Crippen MR) is 50.1 cm³/mol. The molecule has 0 radical (unpaired) electrons. The van der Waals surface area contributed by atoms with Gasteiger partial charge in [-0.25, -0.2) is 0 Å². The van der Waals surface area contributed by atoms with Crippen molar-refractivity contribution in [3.05, 3.63) is 17.5 Å². The third-order valence-corrected chi connectivity index (χ3v) is 2.14. The smallest absolute Gasteiger partial charge is 0.330 e. The Kier molecular flexibility index (Phi) is 3.08. The first-order valence-corrected chi connectivity index (χ1v) is 4.56. The van der Waals surface area contributed by atoms with Crippen LogP contribution in [0.15, 0.2) is 6.07 Å². The summed E-state index contributed by atoms with van der Waals surface area (Å²) in [5, 5.41) is 5.59. The lowest BCUT2D eigenvalue weighted by atomic mass is 9.88. The molecule has 0 aromatic carbocycles. The number of nitrogens with one attached hydrogen (secondary N) is 1. The van der Waals surface area contributed by atoms with Crippen LogP contribution in [0.2, 0.25) is 0 Å². The fraction of sp³-hybridized carbons (Fsp3) is 0.667. The van der Waals surface area contributed by atoms with E-state index >= 15 is 0 Å². The largest absolute Gasteiger partial charge is 0.435 e. The van der Waals surface area contributed by atoms with Crippen LogP contribution >= 0.6 is 0 Å². The number of aromatic nitrogens is 2. The first-order valence-electron chi connectivity index (χ1n) is 4.56. The van der Waals surface area contributed by atoms with E-state index in [-0.39, 0.29) is 5.41 Å². The molecule has 1 aromatic heterocycles. The fourth-order valence-electron chi connectivity index (χ4n) is 1.19. The molecule has 0 unspecified atom stereocenters. The third kappa shape index (κ3) is 3.23. The zero-order chi connectivity index (χ0) is 11.7. The Balaban J connectivity index is 2.78. The number of nitrogens with zero attached hydrogens (tertiary/aromatic N) is 1. The lowest BCUT2D eigenvalue weighted by molar-refractivity contribution is -0.141. The van der Waals surface area contributed by atoms with Gasteiger partial charge in [-0.15, -0.1) is 0 Å². The highest BCUT2D eigenvalue weighted by Crippen LogP contribution is 2.29. The van der Waals surface area contributed by atoms with Gasteiger partial charge in [0.1, 0.15) is 0 Å². The van der Waals surface area contributed by atoms with Crippen LogP contribution in [0.3, 0.4) is 0 Å². The minimum atomic E-state index is -4.39. The normalized spacial score (nSPS) is 13.2. The SMILES string of the molecule is CC(C)(CN)Cc1cc(C(F)(F)F)n[nH]1. The van der Waals surface area contributed by atoms with E-state index in [9.17, 15) is 13.2 Å². The molecule has 86 valence electrons. The van der Waals surface area contributed by atoms with E-state index in [0.29, 0.717) is 18.7 Å². The van der Waals surface area contributed by atoms with Crippen LogP contribution < -0.4 is 5.73 Å². The molecule has 0 bridgehead atoms. The molecule has 0 amide bonds. The van der Waals surface area contributed by atoms with E-state index in [0.717, 1.165) is 6.07 Å². The van der Waals surface area contributed by atoms with E-state index in [1.54, 1.807) is 0 Å². The number of halogens is 3. The minimum Gasteiger partial charge on any atom is -0.330 e. The third-order valence-electron chi connectivity index (χ3n) is 2.14. The lowest BCUT2D eigenvalue weighted by Gasteiger charge is -2.20. The highest BCUT2D eigenvalue weighted by atomic mass is 19.4. The molecule has 1 aromatic rings. The van der Waals surface area contributed by atoms with Crippen molar-refractivity contribution in [2.75, 3.05) is 6.54 Å². The van der Waals surface area contributed by atoms with Crippen LogP contribution in [0.1, 0.15) is 25.2 Å². The van der Waals surface area contributed by atoms with Crippen molar-refractivity contribution in [2.24, 2.45) is 11.1 Å². The Hall–Kier alpha value is -1.04. The Morgan fingerprint density at radius 3 is 2.40 bits per heavy atom. The second-order valence-electron chi connectivity index (χ2n) is 4.32. The number of aromatic amines is 1. The van der Waals surface area contributed by atoms with Crippen LogP contribution in [0.25, 0.3) is 0 Å². The van der Waals surface area contributed by atoms with Crippen LogP contribution in [0.5, 0.6) is 0 Å². The fourth-order valence-corrected chi connectivity index (χ4v) is 1.19. The summed E-state index contributed by atoms with van der Waals surface area (Å²) in [4.78, 5) is 0. The summed E-state index contributed by atoms with van der Waals surface area (Å²) >= 11 is 0. The molecule has 0 atom stereocenters. The highest BCUT2D eigenvalue weighted by Gasteiger charge is 2.34. The average Bonchev–Trinajstić information content (AvgIpc) is 2.51. The molecular weight excluding hydrogens is 207 g/mol. The minimum absolute atomic E-state index is 0.227. The number of hydrogen-bond donors (Lipinski definition) is 2. The van der Waals surface area contributed by atoms with E-state index in [1.165, 1.54) is 0 Å². The second-order valence-corrected chi connectivity index (χ2v) is 4.32. The standard InChI is InChI=1S/C9H14F3N3/c1-8(2,5-13)4-6-3-7(15-14-6)9(10,11)12/h3H,4-5,13H2,1-2H3,(H,14,15). The van der Waals surface area contributed by atoms with Gasteiger partial charge >= 0.3 is 6.18 Å². The Labute approximate surface area is 85.9 Å². The van der Waals surface area contributed by atoms with Crippen LogP contribution in [0.4, 0.5) is 13.2 Å².